The fourth-order valence-electron chi connectivity index (χ4n) is 2.99. The van der Waals surface area contributed by atoms with Crippen molar-refractivity contribution in [1.82, 2.24) is 20.2 Å². The van der Waals surface area contributed by atoms with E-state index in [1.165, 1.54) is 0 Å². The Labute approximate surface area is 124 Å². The molecule has 3 rings (SSSR count). The lowest BCUT2D eigenvalue weighted by Crippen LogP contribution is -2.31. The number of rotatable bonds is 4. The van der Waals surface area contributed by atoms with Crippen molar-refractivity contribution in [2.45, 2.75) is 31.5 Å². The van der Waals surface area contributed by atoms with Crippen molar-refractivity contribution in [1.29, 1.82) is 0 Å². The SMILES string of the molecule is CO[C@@H]1C[C@@H](COc2nc(N)c3c(n2)CNCC3)N(C)C1. The predicted molar refractivity (Wildman–Crippen MR) is 79.2 cm³/mol. The quantitative estimate of drug-likeness (QED) is 0.795. The molecule has 7 nitrogen and oxygen atoms in total. The van der Waals surface area contributed by atoms with Crippen LogP contribution in [0.4, 0.5) is 5.82 Å². The van der Waals surface area contributed by atoms with Crippen molar-refractivity contribution >= 4 is 5.82 Å². The molecule has 2 atom stereocenters. The van der Waals surface area contributed by atoms with Gasteiger partial charge in [0.05, 0.1) is 11.8 Å². The van der Waals surface area contributed by atoms with Gasteiger partial charge in [-0.15, -0.1) is 0 Å². The molecule has 1 aromatic rings. The highest BCUT2D eigenvalue weighted by molar-refractivity contribution is 5.44. The first-order chi connectivity index (χ1) is 10.2. The monoisotopic (exact) mass is 293 g/mol. The lowest BCUT2D eigenvalue weighted by Gasteiger charge is -2.20. The zero-order chi connectivity index (χ0) is 14.8. The van der Waals surface area contributed by atoms with E-state index in [0.717, 1.165) is 43.7 Å². The summed E-state index contributed by atoms with van der Waals surface area (Å²) in [6, 6.07) is 0.707. The minimum Gasteiger partial charge on any atom is -0.462 e. The van der Waals surface area contributed by atoms with Gasteiger partial charge >= 0.3 is 6.01 Å². The summed E-state index contributed by atoms with van der Waals surface area (Å²) in [6.45, 7) is 3.14. The summed E-state index contributed by atoms with van der Waals surface area (Å²) >= 11 is 0. The van der Waals surface area contributed by atoms with Crippen LogP contribution in [0, 0.1) is 0 Å². The van der Waals surface area contributed by atoms with Crippen molar-refractivity contribution in [3.63, 3.8) is 0 Å². The maximum Gasteiger partial charge on any atom is 0.318 e. The van der Waals surface area contributed by atoms with E-state index < -0.39 is 0 Å². The maximum absolute atomic E-state index is 6.01. The molecule has 116 valence electrons. The van der Waals surface area contributed by atoms with Gasteiger partial charge in [0.25, 0.3) is 0 Å². The Morgan fingerprint density at radius 2 is 2.29 bits per heavy atom. The molecule has 2 aliphatic rings. The van der Waals surface area contributed by atoms with Crippen molar-refractivity contribution < 1.29 is 9.47 Å². The van der Waals surface area contributed by atoms with E-state index in [-0.39, 0.29) is 6.10 Å². The number of aromatic nitrogens is 2. The fraction of sp³-hybridized carbons (Fsp3) is 0.714. The van der Waals surface area contributed by atoms with Gasteiger partial charge in [-0.3, -0.25) is 4.90 Å². The van der Waals surface area contributed by atoms with E-state index >= 15 is 0 Å². The van der Waals surface area contributed by atoms with Gasteiger partial charge in [-0.1, -0.05) is 0 Å². The zero-order valence-corrected chi connectivity index (χ0v) is 12.6. The number of nitrogens with two attached hydrogens (primary N) is 1. The molecule has 1 aromatic heterocycles. The van der Waals surface area contributed by atoms with Crippen molar-refractivity contribution in [3.05, 3.63) is 11.3 Å². The van der Waals surface area contributed by atoms with Crippen molar-refractivity contribution in [2.75, 3.05) is 39.6 Å². The molecule has 0 saturated carbocycles. The Kier molecular flexibility index (Phi) is 4.23. The smallest absolute Gasteiger partial charge is 0.318 e. The van der Waals surface area contributed by atoms with Gasteiger partial charge in [0.15, 0.2) is 0 Å². The van der Waals surface area contributed by atoms with Crippen LogP contribution >= 0.6 is 0 Å². The molecule has 2 aliphatic heterocycles. The van der Waals surface area contributed by atoms with E-state index in [1.807, 2.05) is 0 Å². The molecule has 0 spiro atoms. The van der Waals surface area contributed by atoms with Gasteiger partial charge in [-0.25, -0.2) is 0 Å². The Morgan fingerprint density at radius 3 is 3.05 bits per heavy atom. The van der Waals surface area contributed by atoms with Crippen LogP contribution in [0.3, 0.4) is 0 Å². The molecule has 7 heteroatoms. The van der Waals surface area contributed by atoms with E-state index in [2.05, 4.69) is 27.2 Å². The number of nitrogens with zero attached hydrogens (tertiary/aromatic N) is 3. The molecular weight excluding hydrogens is 270 g/mol. The molecule has 0 aliphatic carbocycles. The van der Waals surface area contributed by atoms with Crippen LogP contribution in [0.5, 0.6) is 6.01 Å². The van der Waals surface area contributed by atoms with E-state index in [0.29, 0.717) is 24.5 Å². The first kappa shape index (κ1) is 14.5. The summed E-state index contributed by atoms with van der Waals surface area (Å²) in [5, 5.41) is 3.29. The second kappa shape index (κ2) is 6.13. The van der Waals surface area contributed by atoms with E-state index in [4.69, 9.17) is 15.2 Å². The maximum atomic E-state index is 6.01. The minimum absolute atomic E-state index is 0.280. The largest absolute Gasteiger partial charge is 0.462 e. The second-order valence-electron chi connectivity index (χ2n) is 5.74. The Morgan fingerprint density at radius 1 is 1.43 bits per heavy atom. The highest BCUT2D eigenvalue weighted by atomic mass is 16.5. The van der Waals surface area contributed by atoms with Gasteiger partial charge in [-0.05, 0) is 26.4 Å². The molecule has 3 heterocycles. The molecule has 3 N–H and O–H groups in total. The summed E-state index contributed by atoms with van der Waals surface area (Å²) in [7, 11) is 3.83. The van der Waals surface area contributed by atoms with Gasteiger partial charge in [0, 0.05) is 31.8 Å². The standard InChI is InChI=1S/C14H23N5O2/c1-19-7-10(20-2)5-9(19)8-21-14-17-12-6-16-4-3-11(12)13(15)18-14/h9-10,16H,3-8H2,1-2H3,(H2,15,17,18)/t9-,10+/m0/s1. The number of nitrogens with one attached hydrogen (secondary N) is 1. The molecule has 0 radical (unpaired) electrons. The van der Waals surface area contributed by atoms with Crippen LogP contribution in [0.15, 0.2) is 0 Å². The summed E-state index contributed by atoms with van der Waals surface area (Å²) in [5.74, 6) is 0.547. The lowest BCUT2D eigenvalue weighted by atomic mass is 10.1. The number of hydrogen-bond acceptors (Lipinski definition) is 7. The van der Waals surface area contributed by atoms with Crippen LogP contribution < -0.4 is 15.8 Å². The molecular formula is C14H23N5O2. The molecule has 0 bridgehead atoms. The van der Waals surface area contributed by atoms with Crippen LogP contribution in [0.2, 0.25) is 0 Å². The number of nitrogen functional groups attached to an aromatic ring is 1. The van der Waals surface area contributed by atoms with Crippen LogP contribution in [0.25, 0.3) is 0 Å². The van der Waals surface area contributed by atoms with Crippen molar-refractivity contribution in [3.8, 4) is 6.01 Å². The first-order valence-electron chi connectivity index (χ1n) is 7.39. The van der Waals surface area contributed by atoms with Gasteiger partial charge in [-0.2, -0.15) is 9.97 Å². The number of ether oxygens (including phenoxy) is 2. The normalized spacial score (nSPS) is 25.8. The lowest BCUT2D eigenvalue weighted by molar-refractivity contribution is 0.111. The van der Waals surface area contributed by atoms with Gasteiger partial charge in [0.1, 0.15) is 12.4 Å². The third kappa shape index (κ3) is 3.09. The molecule has 1 saturated heterocycles. The van der Waals surface area contributed by atoms with Crippen LogP contribution in [-0.4, -0.2) is 60.9 Å². The summed E-state index contributed by atoms with van der Waals surface area (Å²) in [5.41, 5.74) is 8.02. The Bertz CT molecular complexity index is 510. The number of likely N-dealkylation sites (tertiary alicyclic amines) is 1. The van der Waals surface area contributed by atoms with E-state index in [9.17, 15) is 0 Å². The molecule has 0 unspecified atom stereocenters. The minimum atomic E-state index is 0.280. The summed E-state index contributed by atoms with van der Waals surface area (Å²) < 4.78 is 11.2. The molecule has 0 aromatic carbocycles. The number of hydrogen-bond donors (Lipinski definition) is 2. The van der Waals surface area contributed by atoms with E-state index in [1.54, 1.807) is 7.11 Å². The van der Waals surface area contributed by atoms with Crippen LogP contribution in [-0.2, 0) is 17.7 Å². The first-order valence-corrected chi connectivity index (χ1v) is 7.39. The number of fused-ring (bicyclic) bond motifs is 1. The summed E-state index contributed by atoms with van der Waals surface area (Å²) in [4.78, 5) is 11.0. The Hall–Kier alpha value is -1.44. The molecule has 1 fully saturated rings. The molecule has 21 heavy (non-hydrogen) atoms. The Balaban J connectivity index is 1.64. The highest BCUT2D eigenvalue weighted by Gasteiger charge is 2.30. The second-order valence-corrected chi connectivity index (χ2v) is 5.74. The average Bonchev–Trinajstić information content (AvgIpc) is 2.86. The number of methoxy groups -OCH3 is 1. The number of anilines is 1. The third-order valence-corrected chi connectivity index (χ3v) is 4.34. The van der Waals surface area contributed by atoms with Gasteiger partial charge in [0.2, 0.25) is 0 Å². The number of likely N-dealkylation sites (N-methyl/N-ethyl adjacent to an activating group) is 1. The van der Waals surface area contributed by atoms with Crippen LogP contribution in [0.1, 0.15) is 17.7 Å². The summed E-state index contributed by atoms with van der Waals surface area (Å²) in [6.07, 6.45) is 2.12. The third-order valence-electron chi connectivity index (χ3n) is 4.34. The fourth-order valence-corrected chi connectivity index (χ4v) is 2.99. The molecule has 0 amide bonds. The average molecular weight is 293 g/mol. The topological polar surface area (TPSA) is 85.5 Å². The van der Waals surface area contributed by atoms with Gasteiger partial charge < -0.3 is 20.5 Å². The highest BCUT2D eigenvalue weighted by Crippen LogP contribution is 2.22. The predicted octanol–water partition coefficient (Wildman–Crippen LogP) is -0.198. The zero-order valence-electron chi connectivity index (χ0n) is 12.6. The van der Waals surface area contributed by atoms with Crippen molar-refractivity contribution in [2.24, 2.45) is 0 Å².